The number of phenols is 1. The van der Waals surface area contributed by atoms with E-state index in [1.165, 1.54) is 17.4 Å². The summed E-state index contributed by atoms with van der Waals surface area (Å²) in [5, 5.41) is 16.4. The molecule has 4 aliphatic rings. The Kier molecular flexibility index (Phi) is 5.92. The van der Waals surface area contributed by atoms with Gasteiger partial charge in [0.1, 0.15) is 23.7 Å². The van der Waals surface area contributed by atoms with Crippen LogP contribution in [0.25, 0.3) is 27.4 Å². The number of phenolic OH excluding ortho intramolecular Hbond substituents is 1. The second kappa shape index (κ2) is 9.72. The number of rotatable bonds is 5. The Bertz CT molecular complexity index is 1810. The van der Waals surface area contributed by atoms with Crippen LogP contribution in [0.15, 0.2) is 47.4 Å². The quantitative estimate of drug-likeness (QED) is 0.357. The molecule has 0 radical (unpaired) electrons. The molecular formula is C33H34N6O3. The Balaban J connectivity index is 1.28. The van der Waals surface area contributed by atoms with Crippen molar-refractivity contribution in [3.63, 3.8) is 0 Å². The maximum atomic E-state index is 14.3. The highest BCUT2D eigenvalue weighted by atomic mass is 16.5. The van der Waals surface area contributed by atoms with Crippen LogP contribution < -0.4 is 20.5 Å². The minimum absolute atomic E-state index is 0.0373. The Morgan fingerprint density at radius 1 is 1.10 bits per heavy atom. The van der Waals surface area contributed by atoms with Crippen molar-refractivity contribution in [2.45, 2.75) is 56.1 Å². The van der Waals surface area contributed by atoms with E-state index < -0.39 is 0 Å². The molecule has 0 amide bonds. The zero-order chi connectivity index (χ0) is 28.4. The van der Waals surface area contributed by atoms with Gasteiger partial charge < -0.3 is 20.1 Å². The zero-order valence-corrected chi connectivity index (χ0v) is 23.6. The molecule has 2 unspecified atom stereocenters. The maximum Gasteiger partial charge on any atom is 0.319 e. The summed E-state index contributed by atoms with van der Waals surface area (Å²) in [6.45, 7) is 4.39. The number of hydrogen-bond donors (Lipinski definition) is 2. The van der Waals surface area contributed by atoms with Gasteiger partial charge in [-0.25, -0.2) is 0 Å². The number of fused-ring (bicyclic) bond motifs is 5. The van der Waals surface area contributed by atoms with Crippen LogP contribution in [0.5, 0.6) is 11.8 Å². The topological polar surface area (TPSA) is 95.8 Å². The number of nitrogens with zero attached hydrogens (tertiary/aromatic N) is 5. The largest absolute Gasteiger partial charge is 0.508 e. The second-order valence-corrected chi connectivity index (χ2v) is 12.3. The number of terminal acetylenes is 1. The average Bonchev–Trinajstić information content (AvgIpc) is 3.68. The number of anilines is 1. The highest BCUT2D eigenvalue weighted by Gasteiger charge is 2.45. The van der Waals surface area contributed by atoms with Crippen LogP contribution >= 0.6 is 0 Å². The van der Waals surface area contributed by atoms with Crippen molar-refractivity contribution in [2.75, 3.05) is 37.7 Å². The van der Waals surface area contributed by atoms with E-state index >= 15 is 0 Å². The monoisotopic (exact) mass is 562 g/mol. The van der Waals surface area contributed by atoms with Crippen LogP contribution in [0.2, 0.25) is 0 Å². The molecule has 2 aromatic heterocycles. The molecule has 2 aromatic carbocycles. The molecule has 4 aromatic rings. The van der Waals surface area contributed by atoms with Crippen LogP contribution in [0.4, 0.5) is 5.82 Å². The smallest absolute Gasteiger partial charge is 0.319 e. The molecule has 2 atom stereocenters. The van der Waals surface area contributed by atoms with E-state index in [4.69, 9.17) is 21.1 Å². The van der Waals surface area contributed by atoms with Crippen LogP contribution in [-0.4, -0.2) is 75.0 Å². The van der Waals surface area contributed by atoms with Crippen molar-refractivity contribution in [1.82, 2.24) is 24.8 Å². The number of piperazine rings is 1. The maximum absolute atomic E-state index is 14.3. The van der Waals surface area contributed by atoms with Gasteiger partial charge in [-0.05, 0) is 75.2 Å². The summed E-state index contributed by atoms with van der Waals surface area (Å²) in [7, 11) is 0. The van der Waals surface area contributed by atoms with E-state index in [1.54, 1.807) is 18.3 Å². The van der Waals surface area contributed by atoms with E-state index in [2.05, 4.69) is 21.0 Å². The highest BCUT2D eigenvalue weighted by molar-refractivity contribution is 5.97. The van der Waals surface area contributed by atoms with Gasteiger partial charge in [0.25, 0.3) is 5.56 Å². The molecule has 0 aliphatic carbocycles. The Labute approximate surface area is 244 Å². The predicted octanol–water partition coefficient (Wildman–Crippen LogP) is 3.57. The van der Waals surface area contributed by atoms with Crippen LogP contribution in [-0.2, 0) is 0 Å². The van der Waals surface area contributed by atoms with Gasteiger partial charge in [0.2, 0.25) is 0 Å². The lowest BCUT2D eigenvalue weighted by molar-refractivity contribution is 0.108. The van der Waals surface area contributed by atoms with E-state index in [-0.39, 0.29) is 22.9 Å². The molecule has 0 saturated carbocycles. The van der Waals surface area contributed by atoms with Gasteiger partial charge in [-0.2, -0.15) is 9.97 Å². The summed E-state index contributed by atoms with van der Waals surface area (Å²) in [5.41, 5.74) is 1.19. The molecule has 42 heavy (non-hydrogen) atoms. The third kappa shape index (κ3) is 4.04. The summed E-state index contributed by atoms with van der Waals surface area (Å²) >= 11 is 0. The second-order valence-electron chi connectivity index (χ2n) is 12.3. The van der Waals surface area contributed by atoms with E-state index in [1.807, 2.05) is 24.3 Å². The van der Waals surface area contributed by atoms with Gasteiger partial charge in [0.15, 0.2) is 0 Å². The van der Waals surface area contributed by atoms with Crippen LogP contribution in [0.3, 0.4) is 0 Å². The van der Waals surface area contributed by atoms with Gasteiger partial charge in [-0.1, -0.05) is 18.1 Å². The number of pyridine rings is 1. The third-order valence-corrected chi connectivity index (χ3v) is 9.87. The van der Waals surface area contributed by atoms with Crippen molar-refractivity contribution >= 4 is 27.5 Å². The van der Waals surface area contributed by atoms with E-state index in [9.17, 15) is 9.90 Å². The fourth-order valence-corrected chi connectivity index (χ4v) is 7.91. The number of aromatic nitrogens is 3. The Morgan fingerprint density at radius 3 is 2.64 bits per heavy atom. The number of aromatic hydroxyl groups is 1. The van der Waals surface area contributed by atoms with E-state index in [0.29, 0.717) is 40.8 Å². The first kappa shape index (κ1) is 25.6. The van der Waals surface area contributed by atoms with Gasteiger partial charge in [0, 0.05) is 48.4 Å². The molecule has 8 rings (SSSR count). The first-order valence-electron chi connectivity index (χ1n) is 15.1. The van der Waals surface area contributed by atoms with Crippen LogP contribution in [0.1, 0.15) is 44.1 Å². The highest BCUT2D eigenvalue weighted by Crippen LogP contribution is 2.39. The standard InChI is InChI=1S/C33H34N6O3/c1-2-21-6-3-7-22-16-25(40)17-27(28(21)22)39-15-10-26-29(31(39)41)35-32(42-20-33-11-4-13-38(33)14-5-12-33)36-30(26)37-18-23-8-9-24(19-37)34-23/h1,3,6-7,10,15-17,23-24,34,40H,4-5,8-9,11-14,18-20H2. The fourth-order valence-electron chi connectivity index (χ4n) is 7.91. The molecule has 2 bridgehead atoms. The van der Waals surface area contributed by atoms with Gasteiger partial charge >= 0.3 is 6.01 Å². The van der Waals surface area contributed by atoms with Gasteiger partial charge in [-0.3, -0.25) is 14.3 Å². The van der Waals surface area contributed by atoms with Crippen molar-refractivity contribution in [1.29, 1.82) is 0 Å². The molecule has 9 nitrogen and oxygen atoms in total. The third-order valence-electron chi connectivity index (χ3n) is 9.87. The zero-order valence-electron chi connectivity index (χ0n) is 23.6. The molecule has 4 fully saturated rings. The number of nitrogens with one attached hydrogen (secondary N) is 1. The summed E-state index contributed by atoms with van der Waals surface area (Å²) in [6, 6.07) is 11.8. The number of hydrogen-bond acceptors (Lipinski definition) is 8. The van der Waals surface area contributed by atoms with E-state index in [0.717, 1.165) is 68.5 Å². The normalized spacial score (nSPS) is 23.0. The lowest BCUT2D eigenvalue weighted by Crippen LogP contribution is -2.51. The first-order chi connectivity index (χ1) is 20.5. The minimum Gasteiger partial charge on any atom is -0.508 e. The lowest BCUT2D eigenvalue weighted by Gasteiger charge is -2.34. The van der Waals surface area contributed by atoms with Crippen molar-refractivity contribution in [2.24, 2.45) is 0 Å². The number of ether oxygens (including phenoxy) is 1. The Morgan fingerprint density at radius 2 is 1.88 bits per heavy atom. The molecule has 9 heteroatoms. The summed E-state index contributed by atoms with van der Waals surface area (Å²) in [4.78, 5) is 28.8. The lowest BCUT2D eigenvalue weighted by atomic mass is 9.95. The summed E-state index contributed by atoms with van der Waals surface area (Å²) in [5.74, 6) is 3.53. The number of benzene rings is 2. The summed E-state index contributed by atoms with van der Waals surface area (Å²) < 4.78 is 7.94. The van der Waals surface area contributed by atoms with Crippen LogP contribution in [0, 0.1) is 12.3 Å². The molecule has 4 aliphatic heterocycles. The molecule has 0 spiro atoms. The SMILES string of the molecule is C#Cc1cccc2cc(O)cc(-n3ccc4c(N5CC6CCC(C5)N6)nc(OCC56CCCN5CCC6)nc4c3=O)c12. The summed E-state index contributed by atoms with van der Waals surface area (Å²) in [6.07, 6.45) is 14.5. The molecule has 6 heterocycles. The first-order valence-corrected chi connectivity index (χ1v) is 15.1. The molecular weight excluding hydrogens is 528 g/mol. The molecule has 214 valence electrons. The van der Waals surface area contributed by atoms with Crippen molar-refractivity contribution in [3.8, 4) is 29.8 Å². The Hall–Kier alpha value is -4.13. The molecule has 4 saturated heterocycles. The fraction of sp³-hybridized carbons (Fsp3) is 0.424. The van der Waals surface area contributed by atoms with Crippen molar-refractivity contribution < 1.29 is 9.84 Å². The van der Waals surface area contributed by atoms with Gasteiger partial charge in [-0.15, -0.1) is 6.42 Å². The van der Waals surface area contributed by atoms with Gasteiger partial charge in [0.05, 0.1) is 16.6 Å². The average molecular weight is 563 g/mol. The molecule has 2 N–H and O–H groups in total. The van der Waals surface area contributed by atoms with Crippen molar-refractivity contribution in [3.05, 3.63) is 58.5 Å². The minimum atomic E-state index is -0.306. The predicted molar refractivity (Wildman–Crippen MR) is 163 cm³/mol.